The number of nitrogens with zero attached hydrogens (tertiary/aromatic N) is 2. The number of alkyl halides is 3. The van der Waals surface area contributed by atoms with Crippen LogP contribution in [0.15, 0.2) is 72.0 Å². The Kier molecular flexibility index (Phi) is 4.27. The first-order valence-corrected chi connectivity index (χ1v) is 9.69. The molecule has 0 saturated heterocycles. The van der Waals surface area contributed by atoms with Gasteiger partial charge >= 0.3 is 6.18 Å². The lowest BCUT2D eigenvalue weighted by molar-refractivity contribution is -0.142. The first kappa shape index (κ1) is 18.7. The van der Waals surface area contributed by atoms with Gasteiger partial charge in [0.2, 0.25) is 5.88 Å². The van der Waals surface area contributed by atoms with Crippen LogP contribution in [0.4, 0.5) is 13.2 Å². The third-order valence-corrected chi connectivity index (χ3v) is 5.49. The second kappa shape index (κ2) is 6.86. The Morgan fingerprint density at radius 3 is 2.30 bits per heavy atom. The van der Waals surface area contributed by atoms with E-state index in [-0.39, 0.29) is 17.2 Å². The zero-order valence-electron chi connectivity index (χ0n) is 15.8. The van der Waals surface area contributed by atoms with E-state index in [0.717, 1.165) is 0 Å². The van der Waals surface area contributed by atoms with Gasteiger partial charge in [0.15, 0.2) is 11.5 Å². The van der Waals surface area contributed by atoms with Gasteiger partial charge in [-0.2, -0.15) is 23.0 Å². The SMILES string of the molecule is O=C1CCCC2=C1C(c1ccccc1)c1c(C(F)(F)F)nn(-c3ccccc3)c1O2. The van der Waals surface area contributed by atoms with Gasteiger partial charge in [0, 0.05) is 24.3 Å². The zero-order valence-corrected chi connectivity index (χ0v) is 15.8. The Hall–Kier alpha value is -3.35. The number of Topliss-reactive ketones (excluding diaryl/α,β-unsaturated/α-hetero) is 1. The summed E-state index contributed by atoms with van der Waals surface area (Å²) in [6.07, 6.45) is -3.28. The number of hydrogen-bond acceptors (Lipinski definition) is 3. The highest BCUT2D eigenvalue weighted by Crippen LogP contribution is 2.51. The number of halogens is 3. The lowest BCUT2D eigenvalue weighted by Gasteiger charge is -2.31. The first-order valence-electron chi connectivity index (χ1n) is 9.69. The van der Waals surface area contributed by atoms with E-state index in [2.05, 4.69) is 5.10 Å². The van der Waals surface area contributed by atoms with E-state index in [0.29, 0.717) is 41.8 Å². The molecule has 2 aromatic carbocycles. The fraction of sp³-hybridized carbons (Fsp3) is 0.217. The number of allylic oxidation sites excluding steroid dienone is 2. The normalized spacial score (nSPS) is 18.6. The molecule has 1 aliphatic carbocycles. The molecule has 1 atom stereocenters. The first-order chi connectivity index (χ1) is 14.4. The molecule has 152 valence electrons. The molecule has 2 heterocycles. The standard InChI is InChI=1S/C23H17F3N2O2/c24-23(25,26)21-20-18(14-8-3-1-4-9-14)19-16(29)12-7-13-17(19)30-22(20)28(27-21)15-10-5-2-6-11-15/h1-6,8-11,18H,7,12-13H2. The predicted octanol–water partition coefficient (Wildman–Crippen LogP) is 5.42. The summed E-state index contributed by atoms with van der Waals surface area (Å²) in [7, 11) is 0. The van der Waals surface area contributed by atoms with Crippen molar-refractivity contribution in [3.63, 3.8) is 0 Å². The molecule has 0 bridgehead atoms. The third kappa shape index (κ3) is 2.93. The summed E-state index contributed by atoms with van der Waals surface area (Å²) in [5.74, 6) is -0.572. The van der Waals surface area contributed by atoms with Gasteiger partial charge in [-0.25, -0.2) is 0 Å². The van der Waals surface area contributed by atoms with Crippen LogP contribution in [0.3, 0.4) is 0 Å². The van der Waals surface area contributed by atoms with Crippen LogP contribution in [-0.4, -0.2) is 15.6 Å². The van der Waals surface area contributed by atoms with E-state index in [4.69, 9.17) is 4.74 Å². The van der Waals surface area contributed by atoms with Crippen LogP contribution in [0.5, 0.6) is 5.88 Å². The average molecular weight is 410 g/mol. The summed E-state index contributed by atoms with van der Waals surface area (Å²) < 4.78 is 49.4. The summed E-state index contributed by atoms with van der Waals surface area (Å²) in [5, 5.41) is 3.92. The highest BCUT2D eigenvalue weighted by atomic mass is 19.4. The molecule has 0 spiro atoms. The van der Waals surface area contributed by atoms with Gasteiger partial charge < -0.3 is 4.74 Å². The predicted molar refractivity (Wildman–Crippen MR) is 103 cm³/mol. The molecule has 0 amide bonds. The second-order valence-corrected chi connectivity index (χ2v) is 7.37. The number of ether oxygens (including phenoxy) is 1. The van der Waals surface area contributed by atoms with Gasteiger partial charge in [-0.15, -0.1) is 0 Å². The molecule has 30 heavy (non-hydrogen) atoms. The molecule has 3 aromatic rings. The number of fused-ring (bicyclic) bond motifs is 1. The van der Waals surface area contributed by atoms with E-state index in [1.807, 2.05) is 0 Å². The van der Waals surface area contributed by atoms with Crippen molar-refractivity contribution in [3.8, 4) is 11.6 Å². The molecule has 0 fully saturated rings. The number of rotatable bonds is 2. The van der Waals surface area contributed by atoms with E-state index < -0.39 is 17.8 Å². The molecule has 5 rings (SSSR count). The molecule has 2 aliphatic rings. The minimum absolute atomic E-state index is 0.0239. The van der Waals surface area contributed by atoms with Crippen molar-refractivity contribution >= 4 is 5.78 Å². The van der Waals surface area contributed by atoms with Crippen LogP contribution in [0.1, 0.15) is 42.0 Å². The van der Waals surface area contributed by atoms with Crippen LogP contribution in [-0.2, 0) is 11.0 Å². The molecule has 1 aliphatic heterocycles. The summed E-state index contributed by atoms with van der Waals surface area (Å²) in [5.41, 5.74) is 0.259. The van der Waals surface area contributed by atoms with Gasteiger partial charge in [0.1, 0.15) is 5.76 Å². The zero-order chi connectivity index (χ0) is 20.9. The largest absolute Gasteiger partial charge is 0.442 e. The smallest absolute Gasteiger partial charge is 0.435 e. The van der Waals surface area contributed by atoms with Crippen LogP contribution in [0, 0.1) is 0 Å². The van der Waals surface area contributed by atoms with E-state index in [1.54, 1.807) is 60.7 Å². The van der Waals surface area contributed by atoms with Crippen molar-refractivity contribution in [1.29, 1.82) is 0 Å². The molecular formula is C23H17F3N2O2. The van der Waals surface area contributed by atoms with E-state index >= 15 is 0 Å². The monoisotopic (exact) mass is 410 g/mol. The van der Waals surface area contributed by atoms with Crippen molar-refractivity contribution in [2.75, 3.05) is 0 Å². The highest BCUT2D eigenvalue weighted by molar-refractivity contribution is 5.99. The molecule has 0 N–H and O–H groups in total. The molecule has 1 aromatic heterocycles. The van der Waals surface area contributed by atoms with E-state index in [1.165, 1.54) is 4.68 Å². The lowest BCUT2D eigenvalue weighted by Crippen LogP contribution is -2.27. The van der Waals surface area contributed by atoms with Crippen molar-refractivity contribution in [2.45, 2.75) is 31.4 Å². The number of hydrogen-bond donors (Lipinski definition) is 0. The van der Waals surface area contributed by atoms with Gasteiger partial charge in [0.25, 0.3) is 0 Å². The summed E-state index contributed by atoms with van der Waals surface area (Å²) >= 11 is 0. The Balaban J connectivity index is 1.83. The molecular weight excluding hydrogens is 393 g/mol. The highest BCUT2D eigenvalue weighted by Gasteiger charge is 2.47. The number of para-hydroxylation sites is 1. The van der Waals surface area contributed by atoms with E-state index in [9.17, 15) is 18.0 Å². The van der Waals surface area contributed by atoms with Crippen LogP contribution < -0.4 is 4.74 Å². The van der Waals surface area contributed by atoms with Gasteiger partial charge in [-0.05, 0) is 24.1 Å². The summed E-state index contributed by atoms with van der Waals surface area (Å²) in [6, 6.07) is 17.4. The van der Waals surface area contributed by atoms with Crippen molar-refractivity contribution < 1.29 is 22.7 Å². The Morgan fingerprint density at radius 2 is 1.63 bits per heavy atom. The van der Waals surface area contributed by atoms with Crippen LogP contribution in [0.25, 0.3) is 5.69 Å². The third-order valence-electron chi connectivity index (χ3n) is 5.49. The molecule has 1 unspecified atom stereocenters. The number of carbonyl (C=O) groups is 1. The fourth-order valence-electron chi connectivity index (χ4n) is 4.23. The van der Waals surface area contributed by atoms with Gasteiger partial charge in [0.05, 0.1) is 11.3 Å². The number of benzene rings is 2. The maximum Gasteiger partial charge on any atom is 0.435 e. The molecule has 4 nitrogen and oxygen atoms in total. The lowest BCUT2D eigenvalue weighted by atomic mass is 9.77. The van der Waals surface area contributed by atoms with Gasteiger partial charge in [-0.1, -0.05) is 48.5 Å². The summed E-state index contributed by atoms with van der Waals surface area (Å²) in [4.78, 5) is 12.8. The van der Waals surface area contributed by atoms with Crippen LogP contribution in [0.2, 0.25) is 0 Å². The minimum atomic E-state index is -4.70. The maximum atomic E-state index is 14.1. The Labute approximate surface area is 170 Å². The second-order valence-electron chi connectivity index (χ2n) is 7.37. The van der Waals surface area contributed by atoms with Crippen molar-refractivity contribution in [2.24, 2.45) is 0 Å². The topological polar surface area (TPSA) is 44.1 Å². The Morgan fingerprint density at radius 1 is 0.967 bits per heavy atom. The number of ketones is 1. The fourth-order valence-corrected chi connectivity index (χ4v) is 4.23. The molecule has 0 radical (unpaired) electrons. The Bertz CT molecular complexity index is 1150. The van der Waals surface area contributed by atoms with Crippen LogP contribution >= 0.6 is 0 Å². The quantitative estimate of drug-likeness (QED) is 0.567. The van der Waals surface area contributed by atoms with Crippen molar-refractivity contribution in [3.05, 3.63) is 88.8 Å². The number of aromatic nitrogens is 2. The van der Waals surface area contributed by atoms with Crippen molar-refractivity contribution in [1.82, 2.24) is 9.78 Å². The minimum Gasteiger partial charge on any atom is -0.442 e. The maximum absolute atomic E-state index is 14.1. The summed E-state index contributed by atoms with van der Waals surface area (Å²) in [6.45, 7) is 0. The number of carbonyl (C=O) groups excluding carboxylic acids is 1. The van der Waals surface area contributed by atoms with Gasteiger partial charge in [-0.3, -0.25) is 4.79 Å². The molecule has 7 heteroatoms. The molecule has 0 saturated carbocycles. The average Bonchev–Trinajstić information content (AvgIpc) is 3.13.